The number of pyridine rings is 1. The second-order valence-electron chi connectivity index (χ2n) is 6.91. The molecule has 0 unspecified atom stereocenters. The number of aromatic nitrogens is 1. The highest BCUT2D eigenvalue weighted by Crippen LogP contribution is 2.31. The Bertz CT molecular complexity index is 1590. The van der Waals surface area contributed by atoms with E-state index >= 15 is 0 Å². The zero-order chi connectivity index (χ0) is 23.0. The van der Waals surface area contributed by atoms with E-state index in [-0.39, 0.29) is 27.8 Å². The van der Waals surface area contributed by atoms with E-state index in [0.29, 0.717) is 39.0 Å². The molecule has 158 valence electrons. The van der Waals surface area contributed by atoms with Crippen molar-refractivity contribution < 1.29 is 9.52 Å². The lowest BCUT2D eigenvalue weighted by atomic mass is 9.97. The van der Waals surface area contributed by atoms with E-state index in [0.717, 1.165) is 6.07 Å². The van der Waals surface area contributed by atoms with Crippen LogP contribution >= 0.6 is 11.6 Å². The van der Waals surface area contributed by atoms with Crippen molar-refractivity contribution in [1.82, 2.24) is 4.68 Å². The first kappa shape index (κ1) is 20.8. The number of halogens is 1. The summed E-state index contributed by atoms with van der Waals surface area (Å²) >= 11 is 5.91. The van der Waals surface area contributed by atoms with Gasteiger partial charge < -0.3 is 15.3 Å². The molecule has 0 spiro atoms. The standard InChI is InChI=1S/C22H14ClN5O4/c23-12-6-4-11(5-7-12)19-13(9-24)21(30)28(22(31)14(19)10-25)27-16-2-1-3-17-20(16)15(26)8-18(29)32-17/h3-8,27,30H,1-2,26H2. The van der Waals surface area contributed by atoms with Gasteiger partial charge in [0.1, 0.15) is 28.7 Å². The first-order valence-corrected chi connectivity index (χ1v) is 9.71. The lowest BCUT2D eigenvalue weighted by Crippen LogP contribution is -2.40. The summed E-state index contributed by atoms with van der Waals surface area (Å²) in [6, 6.07) is 11.0. The van der Waals surface area contributed by atoms with Crippen LogP contribution in [0.4, 0.5) is 5.69 Å². The first-order valence-electron chi connectivity index (χ1n) is 9.33. The molecule has 0 fully saturated rings. The minimum atomic E-state index is -0.867. The number of hydrogen-bond acceptors (Lipinski definition) is 8. The molecule has 1 aliphatic rings. The van der Waals surface area contributed by atoms with Crippen LogP contribution in [0, 0.1) is 22.7 Å². The van der Waals surface area contributed by atoms with Gasteiger partial charge in [0.05, 0.1) is 10.9 Å². The summed E-state index contributed by atoms with van der Waals surface area (Å²) in [6.07, 6.45) is 2.53. The number of rotatable bonds is 3. The molecular weight excluding hydrogens is 434 g/mol. The topological polar surface area (TPSA) is 158 Å². The molecule has 3 aromatic rings. The van der Waals surface area contributed by atoms with E-state index in [1.54, 1.807) is 30.3 Å². The van der Waals surface area contributed by atoms with Crippen LogP contribution in [0.3, 0.4) is 0 Å². The van der Waals surface area contributed by atoms with Crippen molar-refractivity contribution in [2.24, 2.45) is 0 Å². The maximum atomic E-state index is 13.1. The molecule has 4 N–H and O–H groups in total. The van der Waals surface area contributed by atoms with Crippen LogP contribution in [0.15, 0.2) is 44.3 Å². The number of anilines is 1. The average molecular weight is 448 g/mol. The van der Waals surface area contributed by atoms with Gasteiger partial charge in [0.15, 0.2) is 0 Å². The van der Waals surface area contributed by atoms with Crippen molar-refractivity contribution in [1.29, 1.82) is 10.5 Å². The zero-order valence-electron chi connectivity index (χ0n) is 16.3. The molecule has 0 bridgehead atoms. The Hall–Kier alpha value is -4.47. The molecule has 0 aliphatic heterocycles. The molecule has 10 heteroatoms. The van der Waals surface area contributed by atoms with Crippen LogP contribution in [0.2, 0.25) is 5.02 Å². The second kappa shape index (κ2) is 7.99. The van der Waals surface area contributed by atoms with Gasteiger partial charge >= 0.3 is 5.63 Å². The van der Waals surface area contributed by atoms with E-state index in [1.165, 1.54) is 0 Å². The number of hydrogen-bond donors (Lipinski definition) is 3. The molecule has 32 heavy (non-hydrogen) atoms. The van der Waals surface area contributed by atoms with Crippen LogP contribution in [-0.2, 0) is 0 Å². The largest absolute Gasteiger partial charge is 0.492 e. The fourth-order valence-electron chi connectivity index (χ4n) is 3.60. The number of nitrogens with two attached hydrogens (primary N) is 1. The Morgan fingerprint density at radius 1 is 1.16 bits per heavy atom. The molecular formula is C22H14ClN5O4. The predicted molar refractivity (Wildman–Crippen MR) is 117 cm³/mol. The van der Waals surface area contributed by atoms with E-state index in [1.807, 2.05) is 12.1 Å². The monoisotopic (exact) mass is 447 g/mol. The van der Waals surface area contributed by atoms with Crippen molar-refractivity contribution in [3.8, 4) is 29.1 Å². The Morgan fingerprint density at radius 2 is 1.84 bits per heavy atom. The van der Waals surface area contributed by atoms with Gasteiger partial charge in [-0.1, -0.05) is 23.7 Å². The number of nitrogens with zero attached hydrogens (tertiary/aromatic N) is 3. The molecule has 2 heterocycles. The normalized spacial score (nSPS) is 12.3. The zero-order valence-corrected chi connectivity index (χ0v) is 17.1. The molecule has 0 radical (unpaired) electrons. The number of nitriles is 2. The van der Waals surface area contributed by atoms with Crippen LogP contribution in [-0.4, -0.2) is 9.78 Å². The van der Waals surface area contributed by atoms with E-state index < -0.39 is 17.1 Å². The molecule has 0 saturated carbocycles. The number of aromatic hydroxyl groups is 1. The van der Waals surface area contributed by atoms with Crippen LogP contribution in [0.1, 0.15) is 24.0 Å². The van der Waals surface area contributed by atoms with Gasteiger partial charge in [-0.2, -0.15) is 15.2 Å². The smallest absolute Gasteiger partial charge is 0.338 e. The van der Waals surface area contributed by atoms with Crippen molar-refractivity contribution in [2.45, 2.75) is 12.8 Å². The number of benzene rings is 1. The summed E-state index contributed by atoms with van der Waals surface area (Å²) in [5.41, 5.74) is 7.75. The van der Waals surface area contributed by atoms with Crippen LogP contribution in [0.25, 0.3) is 22.9 Å². The Kier molecular flexibility index (Phi) is 5.19. The lowest BCUT2D eigenvalue weighted by Gasteiger charge is -2.19. The van der Waals surface area contributed by atoms with Gasteiger partial charge in [-0.15, -0.1) is 0 Å². The molecule has 4 rings (SSSR count). The van der Waals surface area contributed by atoms with Gasteiger partial charge in [0, 0.05) is 22.3 Å². The van der Waals surface area contributed by atoms with E-state index in [2.05, 4.69) is 5.43 Å². The number of nitrogen functional groups attached to an aromatic ring is 1. The average Bonchev–Trinajstić information content (AvgIpc) is 2.76. The Labute approximate surface area is 185 Å². The number of fused-ring (bicyclic) bond motifs is 1. The second-order valence-corrected chi connectivity index (χ2v) is 7.35. The molecule has 1 aromatic carbocycles. The quantitative estimate of drug-likeness (QED) is 0.538. The van der Waals surface area contributed by atoms with Crippen molar-refractivity contribution in [2.75, 3.05) is 11.2 Å². The van der Waals surface area contributed by atoms with Crippen molar-refractivity contribution in [3.63, 3.8) is 0 Å². The third-order valence-electron chi connectivity index (χ3n) is 5.00. The van der Waals surface area contributed by atoms with E-state index in [4.69, 9.17) is 21.8 Å². The van der Waals surface area contributed by atoms with Crippen LogP contribution in [0.5, 0.6) is 5.88 Å². The first-order chi connectivity index (χ1) is 15.3. The molecule has 0 saturated heterocycles. The highest BCUT2D eigenvalue weighted by Gasteiger charge is 2.24. The molecule has 1 aliphatic carbocycles. The van der Waals surface area contributed by atoms with Crippen molar-refractivity contribution >= 4 is 29.1 Å². The van der Waals surface area contributed by atoms with Gasteiger partial charge in [-0.05, 0) is 36.6 Å². The highest BCUT2D eigenvalue weighted by atomic mass is 35.5. The summed E-state index contributed by atoms with van der Waals surface area (Å²) < 4.78 is 5.88. The highest BCUT2D eigenvalue weighted by molar-refractivity contribution is 6.30. The van der Waals surface area contributed by atoms with Gasteiger partial charge in [-0.25, -0.2) is 4.79 Å². The molecule has 9 nitrogen and oxygen atoms in total. The summed E-state index contributed by atoms with van der Waals surface area (Å²) in [5.74, 6) is -0.680. The summed E-state index contributed by atoms with van der Waals surface area (Å²) in [6.45, 7) is 0. The van der Waals surface area contributed by atoms with Gasteiger partial charge in [0.2, 0.25) is 5.88 Å². The maximum absolute atomic E-state index is 13.1. The van der Waals surface area contributed by atoms with E-state index in [9.17, 15) is 25.2 Å². The minimum Gasteiger partial charge on any atom is -0.492 e. The molecule has 0 amide bonds. The Balaban J connectivity index is 2.00. The third-order valence-corrected chi connectivity index (χ3v) is 5.25. The minimum absolute atomic E-state index is 0.0000971. The predicted octanol–water partition coefficient (Wildman–Crippen LogP) is 1.08. The molecule has 2 aromatic heterocycles. The Morgan fingerprint density at radius 3 is 2.50 bits per heavy atom. The van der Waals surface area contributed by atoms with Gasteiger partial charge in [-0.3, -0.25) is 10.2 Å². The van der Waals surface area contributed by atoms with Gasteiger partial charge in [0.25, 0.3) is 5.56 Å². The summed E-state index contributed by atoms with van der Waals surface area (Å²) in [4.78, 5) is 24.8. The summed E-state index contributed by atoms with van der Waals surface area (Å²) in [5, 5.41) is 31.0. The lowest BCUT2D eigenvalue weighted by molar-refractivity contribution is 0.425. The number of nitrogens with one attached hydrogen (secondary N) is 1. The SMILES string of the molecule is N#Cc1c(-c2ccc(Cl)cc2)c(C#N)c(=O)n(NC2=c3c(N)cc(=O)oc3=CCC2)c1O. The van der Waals surface area contributed by atoms with Crippen LogP contribution < -0.4 is 33.0 Å². The third kappa shape index (κ3) is 3.37. The molecule has 0 atom stereocenters. The fraction of sp³-hybridized carbons (Fsp3) is 0.0909. The summed E-state index contributed by atoms with van der Waals surface area (Å²) in [7, 11) is 0. The fourth-order valence-corrected chi connectivity index (χ4v) is 3.72. The van der Waals surface area contributed by atoms with Crippen molar-refractivity contribution in [3.05, 3.63) is 77.9 Å². The maximum Gasteiger partial charge on any atom is 0.338 e.